The van der Waals surface area contributed by atoms with Crippen LogP contribution in [0.4, 0.5) is 5.82 Å². The van der Waals surface area contributed by atoms with Gasteiger partial charge < -0.3 is 15.2 Å². The highest BCUT2D eigenvalue weighted by atomic mass is 15.2. The summed E-state index contributed by atoms with van der Waals surface area (Å²) in [6.45, 7) is 10.3. The Morgan fingerprint density at radius 1 is 1.29 bits per heavy atom. The minimum atomic E-state index is 0.337. The number of nitrogens with zero attached hydrogens (tertiary/aromatic N) is 4. The number of hydrogen-bond donors (Lipinski definition) is 2. The fourth-order valence-electron chi connectivity index (χ4n) is 3.48. The molecule has 1 aliphatic heterocycles. The van der Waals surface area contributed by atoms with E-state index in [-0.39, 0.29) is 0 Å². The van der Waals surface area contributed by atoms with Gasteiger partial charge in [-0.05, 0) is 25.2 Å². The third-order valence-electron chi connectivity index (χ3n) is 4.08. The molecule has 1 fully saturated rings. The number of nitrogens with one attached hydrogen (secondary N) is 2. The van der Waals surface area contributed by atoms with Crippen LogP contribution in [0.25, 0.3) is 11.2 Å². The van der Waals surface area contributed by atoms with Gasteiger partial charge in [-0.25, -0.2) is 15.0 Å². The zero-order chi connectivity index (χ0) is 14.8. The molecule has 0 saturated carbocycles. The Hall–Kier alpha value is -1.69. The normalized spacial score (nSPS) is 25.1. The largest absolute Gasteiger partial charge is 0.364 e. The van der Waals surface area contributed by atoms with Crippen LogP contribution in [-0.4, -0.2) is 50.5 Å². The van der Waals surface area contributed by atoms with Crippen molar-refractivity contribution in [2.45, 2.75) is 33.2 Å². The van der Waals surface area contributed by atoms with Crippen LogP contribution in [0.3, 0.4) is 0 Å². The van der Waals surface area contributed by atoms with E-state index >= 15 is 0 Å². The van der Waals surface area contributed by atoms with Gasteiger partial charge in [0.05, 0.1) is 6.33 Å². The standard InChI is InChI=1S/C15H24N6/c1-10-4-11(2)6-21(5-10)7-12(3)20-15-13-14(17-8-16-13)18-9-19-15/h8-12H,4-7H2,1-3H3,(H2,16,17,18,19,20). The van der Waals surface area contributed by atoms with Gasteiger partial charge in [0.25, 0.3) is 0 Å². The molecule has 1 aliphatic rings. The van der Waals surface area contributed by atoms with Crippen LogP contribution in [0, 0.1) is 11.8 Å². The summed E-state index contributed by atoms with van der Waals surface area (Å²) in [5.74, 6) is 2.42. The lowest BCUT2D eigenvalue weighted by Gasteiger charge is -2.36. The summed E-state index contributed by atoms with van der Waals surface area (Å²) in [5.41, 5.74) is 1.59. The Labute approximate surface area is 125 Å². The molecule has 114 valence electrons. The van der Waals surface area contributed by atoms with Crippen molar-refractivity contribution in [3.8, 4) is 0 Å². The lowest BCUT2D eigenvalue weighted by atomic mass is 9.92. The van der Waals surface area contributed by atoms with Gasteiger partial charge in [0.15, 0.2) is 11.5 Å². The van der Waals surface area contributed by atoms with E-state index in [9.17, 15) is 0 Å². The predicted molar refractivity (Wildman–Crippen MR) is 84.2 cm³/mol. The number of hydrogen-bond acceptors (Lipinski definition) is 5. The number of piperidine rings is 1. The molecule has 0 bridgehead atoms. The van der Waals surface area contributed by atoms with E-state index in [0.29, 0.717) is 11.7 Å². The highest BCUT2D eigenvalue weighted by Gasteiger charge is 2.23. The molecule has 2 aromatic heterocycles. The van der Waals surface area contributed by atoms with Crippen molar-refractivity contribution in [3.63, 3.8) is 0 Å². The Morgan fingerprint density at radius 2 is 2.05 bits per heavy atom. The van der Waals surface area contributed by atoms with E-state index in [4.69, 9.17) is 0 Å². The SMILES string of the molecule is CC1CC(C)CN(CC(C)Nc2ncnc3nc[nH]c23)C1. The predicted octanol–water partition coefficient (Wildman–Crippen LogP) is 2.13. The number of imidazole rings is 1. The minimum Gasteiger partial charge on any atom is -0.364 e. The molecule has 1 saturated heterocycles. The van der Waals surface area contributed by atoms with E-state index in [1.165, 1.54) is 19.5 Å². The maximum absolute atomic E-state index is 4.33. The third kappa shape index (κ3) is 3.32. The van der Waals surface area contributed by atoms with E-state index in [2.05, 4.69) is 50.9 Å². The van der Waals surface area contributed by atoms with Crippen molar-refractivity contribution in [1.82, 2.24) is 24.8 Å². The monoisotopic (exact) mass is 288 g/mol. The van der Waals surface area contributed by atoms with Gasteiger partial charge >= 0.3 is 0 Å². The van der Waals surface area contributed by atoms with Crippen LogP contribution >= 0.6 is 0 Å². The van der Waals surface area contributed by atoms with Gasteiger partial charge in [-0.1, -0.05) is 13.8 Å². The lowest BCUT2D eigenvalue weighted by molar-refractivity contribution is 0.138. The summed E-state index contributed by atoms with van der Waals surface area (Å²) >= 11 is 0. The van der Waals surface area contributed by atoms with E-state index in [0.717, 1.165) is 29.7 Å². The first-order valence-corrected chi connectivity index (χ1v) is 7.74. The van der Waals surface area contributed by atoms with Crippen LogP contribution in [0.1, 0.15) is 27.2 Å². The van der Waals surface area contributed by atoms with Gasteiger partial charge in [0.1, 0.15) is 11.8 Å². The molecule has 3 heterocycles. The summed E-state index contributed by atoms with van der Waals surface area (Å²) < 4.78 is 0. The molecule has 3 rings (SSSR count). The Balaban J connectivity index is 1.63. The molecule has 6 heteroatoms. The molecule has 6 nitrogen and oxygen atoms in total. The molecule has 0 aliphatic carbocycles. The zero-order valence-corrected chi connectivity index (χ0v) is 13.0. The number of anilines is 1. The molecule has 0 spiro atoms. The summed E-state index contributed by atoms with van der Waals surface area (Å²) in [5, 5.41) is 3.48. The first-order valence-electron chi connectivity index (χ1n) is 7.74. The number of H-pyrrole nitrogens is 1. The third-order valence-corrected chi connectivity index (χ3v) is 4.08. The van der Waals surface area contributed by atoms with Crippen molar-refractivity contribution in [3.05, 3.63) is 12.7 Å². The molecule has 2 N–H and O–H groups in total. The fourth-order valence-corrected chi connectivity index (χ4v) is 3.48. The Morgan fingerprint density at radius 3 is 2.81 bits per heavy atom. The molecule has 3 atom stereocenters. The Bertz CT molecular complexity index is 585. The van der Waals surface area contributed by atoms with Crippen LogP contribution in [0.2, 0.25) is 0 Å². The molecule has 0 radical (unpaired) electrons. The van der Waals surface area contributed by atoms with Gasteiger partial charge in [0, 0.05) is 25.7 Å². The summed E-state index contributed by atoms with van der Waals surface area (Å²) in [7, 11) is 0. The first kappa shape index (κ1) is 14.3. The van der Waals surface area contributed by atoms with E-state index < -0.39 is 0 Å². The van der Waals surface area contributed by atoms with Crippen LogP contribution in [0.5, 0.6) is 0 Å². The first-order chi connectivity index (χ1) is 10.1. The molecule has 0 aromatic carbocycles. The minimum absolute atomic E-state index is 0.337. The highest BCUT2D eigenvalue weighted by molar-refractivity contribution is 5.81. The van der Waals surface area contributed by atoms with Gasteiger partial charge in [0.2, 0.25) is 0 Å². The zero-order valence-electron chi connectivity index (χ0n) is 13.0. The second kappa shape index (κ2) is 5.97. The van der Waals surface area contributed by atoms with Crippen LogP contribution in [0.15, 0.2) is 12.7 Å². The Kier molecular flexibility index (Phi) is 4.05. The fraction of sp³-hybridized carbons (Fsp3) is 0.667. The highest BCUT2D eigenvalue weighted by Crippen LogP contribution is 2.21. The van der Waals surface area contributed by atoms with Gasteiger partial charge in [-0.3, -0.25) is 0 Å². The average molecular weight is 288 g/mol. The van der Waals surface area contributed by atoms with Crippen molar-refractivity contribution < 1.29 is 0 Å². The van der Waals surface area contributed by atoms with Crippen molar-refractivity contribution in [1.29, 1.82) is 0 Å². The molecule has 2 aromatic rings. The second-order valence-electron chi connectivity index (χ2n) is 6.53. The number of fused-ring (bicyclic) bond motifs is 1. The van der Waals surface area contributed by atoms with Crippen LogP contribution < -0.4 is 5.32 Å². The van der Waals surface area contributed by atoms with Crippen molar-refractivity contribution in [2.24, 2.45) is 11.8 Å². The summed E-state index contributed by atoms with van der Waals surface area (Å²) in [4.78, 5) is 18.3. The molecule has 3 unspecified atom stereocenters. The van der Waals surface area contributed by atoms with Crippen LogP contribution in [-0.2, 0) is 0 Å². The number of rotatable bonds is 4. The maximum atomic E-state index is 4.33. The smallest absolute Gasteiger partial charge is 0.182 e. The summed E-state index contributed by atoms with van der Waals surface area (Å²) in [6, 6.07) is 0.337. The number of aromatic nitrogens is 4. The van der Waals surface area contributed by atoms with E-state index in [1.807, 2.05) is 0 Å². The molecule has 21 heavy (non-hydrogen) atoms. The lowest BCUT2D eigenvalue weighted by Crippen LogP contribution is -2.43. The van der Waals surface area contributed by atoms with Crippen molar-refractivity contribution in [2.75, 3.05) is 25.0 Å². The van der Waals surface area contributed by atoms with E-state index in [1.54, 1.807) is 12.7 Å². The van der Waals surface area contributed by atoms with Crippen molar-refractivity contribution >= 4 is 17.0 Å². The molecule has 0 amide bonds. The number of likely N-dealkylation sites (tertiary alicyclic amines) is 1. The van der Waals surface area contributed by atoms with Gasteiger partial charge in [-0.2, -0.15) is 0 Å². The molecular formula is C15H24N6. The van der Waals surface area contributed by atoms with Gasteiger partial charge in [-0.15, -0.1) is 0 Å². The summed E-state index contributed by atoms with van der Waals surface area (Å²) in [6.07, 6.45) is 4.56. The average Bonchev–Trinajstić information content (AvgIpc) is 2.86. The second-order valence-corrected chi connectivity index (χ2v) is 6.53. The maximum Gasteiger partial charge on any atom is 0.182 e. The molecular weight excluding hydrogens is 264 g/mol. The topological polar surface area (TPSA) is 69.7 Å². The quantitative estimate of drug-likeness (QED) is 0.902. The number of aromatic amines is 1.